The van der Waals surface area contributed by atoms with E-state index < -0.39 is 0 Å². The highest BCUT2D eigenvalue weighted by Crippen LogP contribution is 2.49. The fourth-order valence-electron chi connectivity index (χ4n) is 0.901. The quantitative estimate of drug-likeness (QED) is 0.780. The Balaban J connectivity index is 3.16. The maximum absolute atomic E-state index is 5.64. The summed E-state index contributed by atoms with van der Waals surface area (Å²) in [6, 6.07) is 0. The molecule has 0 spiro atoms. The van der Waals surface area contributed by atoms with Crippen LogP contribution in [0.2, 0.25) is 0 Å². The zero-order valence-corrected chi connectivity index (χ0v) is 8.03. The minimum Gasteiger partial charge on any atom is -0.490 e. The fraction of sp³-hybridized carbons (Fsp3) is 0.429. The lowest BCUT2D eigenvalue weighted by Gasteiger charge is -2.03. The maximum atomic E-state index is 5.64. The van der Waals surface area contributed by atoms with Gasteiger partial charge in [-0.05, 0) is 0 Å². The van der Waals surface area contributed by atoms with Crippen LogP contribution < -0.4 is 19.9 Å². The van der Waals surface area contributed by atoms with Crippen LogP contribution in [0.15, 0.2) is 0 Å². The molecule has 1 rings (SSSR count). The van der Waals surface area contributed by atoms with Gasteiger partial charge in [-0.3, -0.25) is 0 Å². The van der Waals surface area contributed by atoms with Gasteiger partial charge in [0.05, 0.1) is 21.3 Å². The molecule has 0 saturated carbocycles. The van der Waals surface area contributed by atoms with Crippen molar-refractivity contribution < 1.29 is 14.2 Å². The van der Waals surface area contributed by atoms with Crippen molar-refractivity contribution >= 4 is 16.3 Å². The van der Waals surface area contributed by atoms with E-state index in [1.54, 1.807) is 21.3 Å². The molecule has 0 aliphatic rings. The van der Waals surface area contributed by atoms with Crippen molar-refractivity contribution in [3.63, 3.8) is 0 Å². The predicted molar refractivity (Wildman–Crippen MR) is 48.4 cm³/mol. The Hall–Kier alpha value is -1.10. The van der Waals surface area contributed by atoms with Crippen LogP contribution in [0.1, 0.15) is 0 Å². The van der Waals surface area contributed by atoms with Gasteiger partial charge in [0.2, 0.25) is 10.8 Å². The number of hydrogen-bond donors (Lipinski definition) is 1. The zero-order valence-electron chi connectivity index (χ0n) is 7.21. The van der Waals surface area contributed by atoms with Crippen molar-refractivity contribution in [2.75, 3.05) is 27.1 Å². The molecule has 0 fully saturated rings. The van der Waals surface area contributed by atoms with Gasteiger partial charge >= 0.3 is 0 Å². The molecule has 0 aliphatic heterocycles. The zero-order chi connectivity index (χ0) is 9.14. The average molecular weight is 189 g/mol. The van der Waals surface area contributed by atoms with Gasteiger partial charge in [-0.25, -0.2) is 0 Å². The second-order valence-corrected chi connectivity index (χ2v) is 3.04. The molecule has 0 amide bonds. The molecule has 12 heavy (non-hydrogen) atoms. The largest absolute Gasteiger partial charge is 0.490 e. The Labute approximate surface area is 74.8 Å². The van der Waals surface area contributed by atoms with E-state index in [-0.39, 0.29) is 0 Å². The number of hydrogen-bond acceptors (Lipinski definition) is 5. The van der Waals surface area contributed by atoms with E-state index in [4.69, 9.17) is 19.9 Å². The molecule has 2 N–H and O–H groups in total. The summed E-state index contributed by atoms with van der Waals surface area (Å²) in [5.41, 5.74) is 5.64. The minimum atomic E-state index is 0.541. The Morgan fingerprint density at radius 2 is 1.58 bits per heavy atom. The first-order valence-corrected chi connectivity index (χ1v) is 4.10. The first-order valence-electron chi connectivity index (χ1n) is 3.28. The molecule has 1 heterocycles. The smallest absolute Gasteiger partial charge is 0.222 e. The van der Waals surface area contributed by atoms with Gasteiger partial charge in [-0.1, -0.05) is 11.3 Å². The van der Waals surface area contributed by atoms with Gasteiger partial charge in [-0.15, -0.1) is 0 Å². The first-order chi connectivity index (χ1) is 5.74. The Bertz CT molecular complexity index is 272. The first kappa shape index (κ1) is 8.99. The number of rotatable bonds is 3. The third-order valence-corrected chi connectivity index (χ3v) is 2.35. The molecule has 0 radical (unpaired) electrons. The van der Waals surface area contributed by atoms with Crippen LogP contribution in [-0.4, -0.2) is 21.3 Å². The SMILES string of the molecule is COc1sc(N)c(OC)c1OC. The third kappa shape index (κ3) is 1.27. The molecule has 5 heteroatoms. The number of nitrogen functional groups attached to an aromatic ring is 1. The molecule has 0 aliphatic carbocycles. The Kier molecular flexibility index (Phi) is 2.65. The summed E-state index contributed by atoms with van der Waals surface area (Å²) in [5, 5.41) is 1.19. The van der Waals surface area contributed by atoms with E-state index in [2.05, 4.69) is 0 Å². The molecule has 0 atom stereocenters. The molecule has 1 aromatic heterocycles. The molecule has 0 bridgehead atoms. The van der Waals surface area contributed by atoms with Crippen LogP contribution in [0.25, 0.3) is 0 Å². The summed E-state index contributed by atoms with van der Waals surface area (Å²) in [6.45, 7) is 0. The molecular formula is C7H11NO3S. The monoisotopic (exact) mass is 189 g/mol. The summed E-state index contributed by atoms with van der Waals surface area (Å²) >= 11 is 1.30. The molecule has 1 aromatic rings. The van der Waals surface area contributed by atoms with Crippen LogP contribution in [0, 0.1) is 0 Å². The van der Waals surface area contributed by atoms with E-state index in [0.29, 0.717) is 21.6 Å². The lowest BCUT2D eigenvalue weighted by atomic mass is 10.5. The molecule has 0 unspecified atom stereocenters. The van der Waals surface area contributed by atoms with Crippen LogP contribution in [0.3, 0.4) is 0 Å². The van der Waals surface area contributed by atoms with Crippen LogP contribution >= 0.6 is 11.3 Å². The fourth-order valence-corrected chi connectivity index (χ4v) is 1.72. The van der Waals surface area contributed by atoms with Gasteiger partial charge in [0.25, 0.3) is 0 Å². The lowest BCUT2D eigenvalue weighted by molar-refractivity contribution is 0.334. The van der Waals surface area contributed by atoms with Crippen molar-refractivity contribution in [3.05, 3.63) is 0 Å². The lowest BCUT2D eigenvalue weighted by Crippen LogP contribution is -1.91. The molecule has 4 nitrogen and oxygen atoms in total. The highest BCUT2D eigenvalue weighted by molar-refractivity contribution is 7.18. The topological polar surface area (TPSA) is 53.7 Å². The average Bonchev–Trinajstić information content (AvgIpc) is 2.40. The van der Waals surface area contributed by atoms with Crippen molar-refractivity contribution in [1.82, 2.24) is 0 Å². The Morgan fingerprint density at radius 1 is 1.00 bits per heavy atom. The van der Waals surface area contributed by atoms with E-state index >= 15 is 0 Å². The van der Waals surface area contributed by atoms with Gasteiger partial charge in [0, 0.05) is 0 Å². The summed E-state index contributed by atoms with van der Waals surface area (Å²) in [7, 11) is 4.65. The number of thiophene rings is 1. The number of anilines is 1. The summed E-state index contributed by atoms with van der Waals surface area (Å²) in [5.74, 6) is 1.10. The molecule has 0 saturated heterocycles. The van der Waals surface area contributed by atoms with E-state index in [9.17, 15) is 0 Å². The van der Waals surface area contributed by atoms with Gasteiger partial charge in [0.1, 0.15) is 5.00 Å². The van der Waals surface area contributed by atoms with E-state index in [1.807, 2.05) is 0 Å². The van der Waals surface area contributed by atoms with E-state index in [0.717, 1.165) is 0 Å². The van der Waals surface area contributed by atoms with Gasteiger partial charge in [-0.2, -0.15) is 0 Å². The van der Waals surface area contributed by atoms with Crippen molar-refractivity contribution in [2.24, 2.45) is 0 Å². The second kappa shape index (κ2) is 3.53. The number of methoxy groups -OCH3 is 3. The standard InChI is InChI=1S/C7H11NO3S/c1-9-4-5(10-2)7(11-3)12-6(4)8/h8H2,1-3H3. The van der Waals surface area contributed by atoms with Crippen LogP contribution in [-0.2, 0) is 0 Å². The van der Waals surface area contributed by atoms with Gasteiger partial charge < -0.3 is 19.9 Å². The molecule has 68 valence electrons. The van der Waals surface area contributed by atoms with Crippen LogP contribution in [0.4, 0.5) is 5.00 Å². The Morgan fingerprint density at radius 3 is 2.00 bits per heavy atom. The summed E-state index contributed by atoms with van der Waals surface area (Å²) < 4.78 is 15.1. The van der Waals surface area contributed by atoms with Crippen LogP contribution in [0.5, 0.6) is 16.6 Å². The highest BCUT2D eigenvalue weighted by atomic mass is 32.1. The van der Waals surface area contributed by atoms with Gasteiger partial charge in [0.15, 0.2) is 5.75 Å². The maximum Gasteiger partial charge on any atom is 0.222 e. The minimum absolute atomic E-state index is 0.541. The molecular weight excluding hydrogens is 178 g/mol. The molecule has 0 aromatic carbocycles. The second-order valence-electron chi connectivity index (χ2n) is 2.02. The van der Waals surface area contributed by atoms with Crippen molar-refractivity contribution in [2.45, 2.75) is 0 Å². The number of nitrogens with two attached hydrogens (primary N) is 1. The number of ether oxygens (including phenoxy) is 3. The van der Waals surface area contributed by atoms with Crippen molar-refractivity contribution in [3.8, 4) is 16.6 Å². The summed E-state index contributed by atoms with van der Waals surface area (Å²) in [6.07, 6.45) is 0. The predicted octanol–water partition coefficient (Wildman–Crippen LogP) is 1.36. The van der Waals surface area contributed by atoms with E-state index in [1.165, 1.54) is 11.3 Å². The normalized spacial score (nSPS) is 9.58. The van der Waals surface area contributed by atoms with Crippen molar-refractivity contribution in [1.29, 1.82) is 0 Å². The summed E-state index contributed by atoms with van der Waals surface area (Å²) in [4.78, 5) is 0. The third-order valence-electron chi connectivity index (χ3n) is 1.41. The highest BCUT2D eigenvalue weighted by Gasteiger charge is 2.18.